The molecule has 3 aromatic heterocycles. The number of carbonyl (C=O) groups excluding carboxylic acids is 1. The molecule has 1 fully saturated rings. The largest absolute Gasteiger partial charge is 0.344 e. The molecule has 0 bridgehead atoms. The first kappa shape index (κ1) is 19.2. The molecule has 5 nitrogen and oxygen atoms in total. The van der Waals surface area contributed by atoms with Crippen LogP contribution in [0.4, 0.5) is 0 Å². The summed E-state index contributed by atoms with van der Waals surface area (Å²) < 4.78 is 0. The summed E-state index contributed by atoms with van der Waals surface area (Å²) in [7, 11) is 3.64. The van der Waals surface area contributed by atoms with Crippen LogP contribution in [0.15, 0.2) is 54.9 Å². The number of nitrogens with zero attached hydrogens (tertiary/aromatic N) is 4. The van der Waals surface area contributed by atoms with E-state index in [2.05, 4.69) is 45.2 Å². The zero-order valence-corrected chi connectivity index (χ0v) is 18.0. The maximum absolute atomic E-state index is 12.9. The van der Waals surface area contributed by atoms with Crippen molar-refractivity contribution < 1.29 is 4.79 Å². The van der Waals surface area contributed by atoms with Gasteiger partial charge in [0.05, 0.1) is 10.4 Å². The maximum Gasteiger partial charge on any atom is 0.263 e. The Bertz CT molecular complexity index is 1230. The Morgan fingerprint density at radius 1 is 1.13 bits per heavy atom. The maximum atomic E-state index is 12.9. The lowest BCUT2D eigenvalue weighted by atomic mass is 9.95. The summed E-state index contributed by atoms with van der Waals surface area (Å²) in [6.45, 7) is 2.83. The van der Waals surface area contributed by atoms with Crippen LogP contribution in [0.25, 0.3) is 21.1 Å². The van der Waals surface area contributed by atoms with Crippen molar-refractivity contribution in [3.8, 4) is 0 Å². The van der Waals surface area contributed by atoms with E-state index >= 15 is 0 Å². The molecule has 0 saturated carbocycles. The molecule has 6 heteroatoms. The zero-order valence-electron chi connectivity index (χ0n) is 17.2. The van der Waals surface area contributed by atoms with Gasteiger partial charge in [-0.05, 0) is 36.2 Å². The smallest absolute Gasteiger partial charge is 0.263 e. The van der Waals surface area contributed by atoms with Crippen molar-refractivity contribution in [3.05, 3.63) is 70.9 Å². The summed E-state index contributed by atoms with van der Waals surface area (Å²) in [6.07, 6.45) is 4.72. The van der Waals surface area contributed by atoms with Crippen LogP contribution in [0.2, 0.25) is 0 Å². The summed E-state index contributed by atoms with van der Waals surface area (Å²) >= 11 is 1.52. The number of benzene rings is 1. The third kappa shape index (κ3) is 3.36. The summed E-state index contributed by atoms with van der Waals surface area (Å²) in [6, 6.07) is 14.6. The molecular weight excluding hydrogens is 392 g/mol. The topological polar surface area (TPSA) is 49.3 Å². The molecular formula is C24H24N4OS. The van der Waals surface area contributed by atoms with Gasteiger partial charge in [0.15, 0.2) is 0 Å². The number of para-hydroxylation sites is 1. The number of rotatable bonds is 4. The Morgan fingerprint density at radius 2 is 1.93 bits per heavy atom. The lowest BCUT2D eigenvalue weighted by molar-refractivity contribution is 0.0831. The van der Waals surface area contributed by atoms with Gasteiger partial charge in [-0.3, -0.25) is 14.7 Å². The van der Waals surface area contributed by atoms with E-state index in [9.17, 15) is 4.79 Å². The zero-order chi connectivity index (χ0) is 20.7. The van der Waals surface area contributed by atoms with Gasteiger partial charge in [0.1, 0.15) is 4.83 Å². The predicted molar refractivity (Wildman–Crippen MR) is 122 cm³/mol. The van der Waals surface area contributed by atoms with Gasteiger partial charge in [0.25, 0.3) is 5.91 Å². The van der Waals surface area contributed by atoms with Crippen molar-refractivity contribution in [2.75, 3.05) is 27.2 Å². The van der Waals surface area contributed by atoms with Gasteiger partial charge in [-0.2, -0.15) is 0 Å². The minimum Gasteiger partial charge on any atom is -0.344 e. The second kappa shape index (κ2) is 7.78. The van der Waals surface area contributed by atoms with Crippen molar-refractivity contribution >= 4 is 38.4 Å². The number of amides is 1. The predicted octanol–water partition coefficient (Wildman–Crippen LogP) is 4.54. The molecule has 1 aliphatic rings. The van der Waals surface area contributed by atoms with E-state index in [4.69, 9.17) is 0 Å². The standard InChI is InChI=1S/C24H24N4OS/c1-27(2)24(29)22-20(19-9-5-12-26-23(19)30-22)17-10-13-28(14-17)15-18-7-3-6-16-8-4-11-25-21(16)18/h3-9,11-12,17H,10,13-15H2,1-2H3/t17-/m1/s1. The molecule has 0 aliphatic carbocycles. The van der Waals surface area contributed by atoms with Gasteiger partial charge in [-0.1, -0.05) is 30.3 Å². The average molecular weight is 417 g/mol. The molecule has 0 radical (unpaired) electrons. The highest BCUT2D eigenvalue weighted by molar-refractivity contribution is 7.20. The average Bonchev–Trinajstić information content (AvgIpc) is 3.37. The van der Waals surface area contributed by atoms with Crippen LogP contribution in [0.5, 0.6) is 0 Å². The highest BCUT2D eigenvalue weighted by atomic mass is 32.1. The molecule has 1 aliphatic heterocycles. The number of hydrogen-bond donors (Lipinski definition) is 0. The molecule has 1 atom stereocenters. The fourth-order valence-electron chi connectivity index (χ4n) is 4.47. The number of hydrogen-bond acceptors (Lipinski definition) is 5. The van der Waals surface area contributed by atoms with Crippen molar-refractivity contribution in [2.45, 2.75) is 18.9 Å². The van der Waals surface area contributed by atoms with Gasteiger partial charge in [0.2, 0.25) is 0 Å². The van der Waals surface area contributed by atoms with Crippen LogP contribution in [0, 0.1) is 0 Å². The van der Waals surface area contributed by atoms with Crippen LogP contribution in [-0.4, -0.2) is 52.9 Å². The Morgan fingerprint density at radius 3 is 2.80 bits per heavy atom. The van der Waals surface area contributed by atoms with Crippen molar-refractivity contribution in [1.82, 2.24) is 19.8 Å². The Hall–Kier alpha value is -2.83. The van der Waals surface area contributed by atoms with Crippen LogP contribution < -0.4 is 0 Å². The van der Waals surface area contributed by atoms with Crippen LogP contribution in [0.3, 0.4) is 0 Å². The van der Waals surface area contributed by atoms with E-state index in [-0.39, 0.29) is 5.91 Å². The number of carbonyl (C=O) groups is 1. The van der Waals surface area contributed by atoms with E-state index < -0.39 is 0 Å². The minimum absolute atomic E-state index is 0.0738. The highest BCUT2D eigenvalue weighted by Crippen LogP contribution is 2.40. The fraction of sp³-hybridized carbons (Fsp3) is 0.292. The first-order valence-electron chi connectivity index (χ1n) is 10.3. The Balaban J connectivity index is 1.45. The first-order valence-corrected chi connectivity index (χ1v) is 11.1. The van der Waals surface area contributed by atoms with Gasteiger partial charge < -0.3 is 4.90 Å². The summed E-state index contributed by atoms with van der Waals surface area (Å²) in [4.78, 5) is 28.0. The van der Waals surface area contributed by atoms with Gasteiger partial charge in [-0.25, -0.2) is 4.98 Å². The van der Waals surface area contributed by atoms with Crippen LogP contribution >= 0.6 is 11.3 Å². The number of thiophene rings is 1. The molecule has 1 amide bonds. The number of pyridine rings is 2. The molecule has 0 spiro atoms. The Kier molecular flexibility index (Phi) is 4.97. The van der Waals surface area contributed by atoms with Crippen LogP contribution in [0.1, 0.15) is 33.1 Å². The number of likely N-dealkylation sites (tertiary alicyclic amines) is 1. The third-order valence-electron chi connectivity index (χ3n) is 5.90. The summed E-state index contributed by atoms with van der Waals surface area (Å²) in [5.41, 5.74) is 3.52. The molecule has 152 valence electrons. The van der Waals surface area contributed by atoms with Gasteiger partial charge in [0, 0.05) is 56.3 Å². The highest BCUT2D eigenvalue weighted by Gasteiger charge is 2.31. The summed E-state index contributed by atoms with van der Waals surface area (Å²) in [5.74, 6) is 0.412. The van der Waals surface area contributed by atoms with E-state index in [0.717, 1.165) is 46.7 Å². The van der Waals surface area contributed by atoms with Crippen molar-refractivity contribution in [1.29, 1.82) is 0 Å². The molecule has 1 saturated heterocycles. The van der Waals surface area contributed by atoms with Gasteiger partial charge in [-0.15, -0.1) is 11.3 Å². The molecule has 4 aromatic rings. The van der Waals surface area contributed by atoms with Gasteiger partial charge >= 0.3 is 0 Å². The number of fused-ring (bicyclic) bond motifs is 2. The van der Waals surface area contributed by atoms with E-state index in [1.54, 1.807) is 11.1 Å². The lowest BCUT2D eigenvalue weighted by Crippen LogP contribution is -2.23. The molecule has 4 heterocycles. The van der Waals surface area contributed by atoms with Crippen LogP contribution in [-0.2, 0) is 6.54 Å². The van der Waals surface area contributed by atoms with Crippen molar-refractivity contribution in [3.63, 3.8) is 0 Å². The minimum atomic E-state index is 0.0738. The monoisotopic (exact) mass is 416 g/mol. The molecule has 0 unspecified atom stereocenters. The van der Waals surface area contributed by atoms with E-state index in [1.165, 1.54) is 27.8 Å². The quantitative estimate of drug-likeness (QED) is 0.490. The number of aromatic nitrogens is 2. The molecule has 30 heavy (non-hydrogen) atoms. The second-order valence-electron chi connectivity index (χ2n) is 8.11. The normalized spacial score (nSPS) is 17.1. The molecule has 1 aromatic carbocycles. The SMILES string of the molecule is CN(C)C(=O)c1sc2ncccc2c1[C@@H]1CCN(Cc2cccc3cccnc23)C1. The Labute approximate surface area is 180 Å². The third-order valence-corrected chi connectivity index (χ3v) is 7.01. The summed E-state index contributed by atoms with van der Waals surface area (Å²) in [5, 5.41) is 2.31. The fourth-order valence-corrected chi connectivity index (χ4v) is 5.72. The lowest BCUT2D eigenvalue weighted by Gasteiger charge is -2.18. The molecule has 0 N–H and O–H groups in total. The van der Waals surface area contributed by atoms with E-state index in [1.807, 2.05) is 32.4 Å². The van der Waals surface area contributed by atoms with E-state index in [0.29, 0.717) is 5.92 Å². The molecule has 5 rings (SSSR count). The first-order chi connectivity index (χ1) is 14.6. The van der Waals surface area contributed by atoms with Crippen molar-refractivity contribution in [2.24, 2.45) is 0 Å². The second-order valence-corrected chi connectivity index (χ2v) is 9.11.